The number of nitrogens with zero attached hydrogens (tertiary/aromatic N) is 2. The van der Waals surface area contributed by atoms with Gasteiger partial charge < -0.3 is 18.9 Å². The van der Waals surface area contributed by atoms with Crippen molar-refractivity contribution in [3.05, 3.63) is 42.0 Å². The number of hydrogen-bond donors (Lipinski definition) is 1. The van der Waals surface area contributed by atoms with Crippen molar-refractivity contribution in [2.75, 3.05) is 41.5 Å². The number of ether oxygens (including phenoxy) is 4. The van der Waals surface area contributed by atoms with Crippen molar-refractivity contribution < 1.29 is 32.2 Å². The molecule has 1 saturated heterocycles. The van der Waals surface area contributed by atoms with Crippen LogP contribution in [-0.2, 0) is 14.8 Å². The van der Waals surface area contributed by atoms with Crippen molar-refractivity contribution in [3.8, 4) is 23.0 Å². The van der Waals surface area contributed by atoms with E-state index in [9.17, 15) is 13.2 Å². The summed E-state index contributed by atoms with van der Waals surface area (Å²) in [7, 11) is 2.31. The van der Waals surface area contributed by atoms with E-state index in [4.69, 9.17) is 18.9 Å². The molecule has 1 N–H and O–H groups in total. The largest absolute Gasteiger partial charge is 0.497 e. The molecule has 1 heterocycles. The molecule has 11 heteroatoms. The van der Waals surface area contributed by atoms with Gasteiger partial charge in [-0.1, -0.05) is 0 Å². The minimum absolute atomic E-state index is 0.117. The number of nitrogens with one attached hydrogen (secondary N) is 1. The topological polar surface area (TPSA) is 116 Å². The monoisotopic (exact) mass is 491 g/mol. The van der Waals surface area contributed by atoms with Gasteiger partial charge in [-0.3, -0.25) is 4.79 Å². The Kier molecular flexibility index (Phi) is 8.35. The first kappa shape index (κ1) is 25.3. The molecule has 34 heavy (non-hydrogen) atoms. The highest BCUT2D eigenvalue weighted by Crippen LogP contribution is 2.32. The zero-order valence-corrected chi connectivity index (χ0v) is 20.4. The Morgan fingerprint density at radius 3 is 2.24 bits per heavy atom. The number of sulfonamides is 1. The number of benzene rings is 2. The third-order valence-corrected chi connectivity index (χ3v) is 7.53. The molecule has 0 bridgehead atoms. The van der Waals surface area contributed by atoms with E-state index >= 15 is 0 Å². The van der Waals surface area contributed by atoms with Gasteiger partial charge in [-0.2, -0.15) is 9.41 Å². The van der Waals surface area contributed by atoms with E-state index in [1.54, 1.807) is 31.4 Å². The Morgan fingerprint density at radius 1 is 0.941 bits per heavy atom. The SMILES string of the molecule is COc1ccc(/C=N\NC(=O)C2CCN(S(=O)(=O)c3ccc(OC)c(OC)c3)CC2)c(OC)c1. The second-order valence-electron chi connectivity index (χ2n) is 7.54. The van der Waals surface area contributed by atoms with Crippen LogP contribution in [0.2, 0.25) is 0 Å². The second kappa shape index (κ2) is 11.2. The quantitative estimate of drug-likeness (QED) is 0.423. The number of methoxy groups -OCH3 is 4. The number of hydrazone groups is 1. The zero-order valence-electron chi connectivity index (χ0n) is 19.6. The van der Waals surface area contributed by atoms with Gasteiger partial charge in [0.1, 0.15) is 11.5 Å². The predicted octanol–water partition coefficient (Wildman–Crippen LogP) is 2.27. The van der Waals surface area contributed by atoms with E-state index in [0.717, 1.165) is 0 Å². The highest BCUT2D eigenvalue weighted by molar-refractivity contribution is 7.89. The molecule has 3 rings (SSSR count). The average molecular weight is 492 g/mol. The van der Waals surface area contributed by atoms with Crippen LogP contribution in [0.5, 0.6) is 23.0 Å². The number of carbonyl (C=O) groups excluding carboxylic acids is 1. The van der Waals surface area contributed by atoms with E-state index in [2.05, 4.69) is 10.5 Å². The summed E-state index contributed by atoms with van der Waals surface area (Å²) in [6, 6.07) is 9.73. The predicted molar refractivity (Wildman–Crippen MR) is 126 cm³/mol. The molecule has 0 spiro atoms. The van der Waals surface area contributed by atoms with Crippen LogP contribution in [0.25, 0.3) is 0 Å². The van der Waals surface area contributed by atoms with Gasteiger partial charge in [0, 0.05) is 36.7 Å². The Bertz CT molecular complexity index is 1140. The lowest BCUT2D eigenvalue weighted by Crippen LogP contribution is -2.42. The summed E-state index contributed by atoms with van der Waals surface area (Å²) in [5.74, 6) is 1.39. The summed E-state index contributed by atoms with van der Waals surface area (Å²) in [5.41, 5.74) is 3.22. The fourth-order valence-electron chi connectivity index (χ4n) is 3.67. The van der Waals surface area contributed by atoms with Crippen LogP contribution in [-0.4, -0.2) is 66.4 Å². The fraction of sp³-hybridized carbons (Fsp3) is 0.391. The number of piperidine rings is 1. The minimum Gasteiger partial charge on any atom is -0.497 e. The van der Waals surface area contributed by atoms with E-state index in [1.807, 2.05) is 0 Å². The summed E-state index contributed by atoms with van der Waals surface area (Å²) >= 11 is 0. The standard InChI is InChI=1S/C23H29N3O7S/c1-30-18-6-5-17(21(13-18)32-3)15-24-25-23(27)16-9-11-26(12-10-16)34(28,29)19-7-8-20(31-2)22(14-19)33-4/h5-8,13-16H,9-12H2,1-4H3,(H,25,27)/b24-15-. The molecule has 2 aromatic rings. The molecular weight excluding hydrogens is 462 g/mol. The van der Waals surface area contributed by atoms with Crippen LogP contribution >= 0.6 is 0 Å². The molecule has 184 valence electrons. The summed E-state index contributed by atoms with van der Waals surface area (Å²) < 4.78 is 48.3. The molecule has 0 aromatic heterocycles. The van der Waals surface area contributed by atoms with Crippen LogP contribution in [0.3, 0.4) is 0 Å². The van der Waals surface area contributed by atoms with Crippen molar-refractivity contribution in [2.45, 2.75) is 17.7 Å². The van der Waals surface area contributed by atoms with Gasteiger partial charge in [0.05, 0.1) is 39.5 Å². The molecule has 0 saturated carbocycles. The number of hydrogen-bond acceptors (Lipinski definition) is 8. The highest BCUT2D eigenvalue weighted by Gasteiger charge is 2.32. The van der Waals surface area contributed by atoms with E-state index in [0.29, 0.717) is 41.4 Å². The lowest BCUT2D eigenvalue weighted by molar-refractivity contribution is -0.126. The Hall–Kier alpha value is -3.31. The lowest BCUT2D eigenvalue weighted by Gasteiger charge is -2.30. The van der Waals surface area contributed by atoms with Crippen LogP contribution in [0, 0.1) is 5.92 Å². The lowest BCUT2D eigenvalue weighted by atomic mass is 9.98. The maximum Gasteiger partial charge on any atom is 0.243 e. The fourth-order valence-corrected chi connectivity index (χ4v) is 5.15. The molecular formula is C23H29N3O7S. The molecule has 0 unspecified atom stereocenters. The molecule has 2 aromatic carbocycles. The summed E-state index contributed by atoms with van der Waals surface area (Å²) in [5, 5.41) is 4.03. The Morgan fingerprint density at radius 2 is 1.62 bits per heavy atom. The first-order valence-electron chi connectivity index (χ1n) is 10.6. The van der Waals surface area contributed by atoms with Crippen LogP contribution in [0.4, 0.5) is 0 Å². The summed E-state index contributed by atoms with van der Waals surface area (Å²) in [6.45, 7) is 0.454. The summed E-state index contributed by atoms with van der Waals surface area (Å²) in [4.78, 5) is 12.7. The van der Waals surface area contributed by atoms with E-state index < -0.39 is 10.0 Å². The van der Waals surface area contributed by atoms with Gasteiger partial charge in [0.2, 0.25) is 15.9 Å². The molecule has 0 atom stereocenters. The molecule has 1 fully saturated rings. The number of amides is 1. The van der Waals surface area contributed by atoms with Crippen molar-refractivity contribution in [1.29, 1.82) is 0 Å². The molecule has 1 aliphatic heterocycles. The van der Waals surface area contributed by atoms with Gasteiger partial charge >= 0.3 is 0 Å². The van der Waals surface area contributed by atoms with Crippen molar-refractivity contribution in [3.63, 3.8) is 0 Å². The van der Waals surface area contributed by atoms with Crippen molar-refractivity contribution in [1.82, 2.24) is 9.73 Å². The maximum atomic E-state index is 13.1. The molecule has 0 radical (unpaired) electrons. The van der Waals surface area contributed by atoms with Crippen LogP contribution < -0.4 is 24.4 Å². The van der Waals surface area contributed by atoms with Crippen LogP contribution in [0.15, 0.2) is 46.4 Å². The highest BCUT2D eigenvalue weighted by atomic mass is 32.2. The van der Waals surface area contributed by atoms with Crippen molar-refractivity contribution >= 4 is 22.1 Å². The average Bonchev–Trinajstić information content (AvgIpc) is 2.88. The zero-order chi connectivity index (χ0) is 24.7. The molecule has 1 aliphatic rings. The third-order valence-electron chi connectivity index (χ3n) is 5.64. The molecule has 10 nitrogen and oxygen atoms in total. The van der Waals surface area contributed by atoms with E-state index in [-0.39, 0.29) is 29.8 Å². The van der Waals surface area contributed by atoms with Gasteiger partial charge in [-0.25, -0.2) is 13.8 Å². The number of carbonyl (C=O) groups is 1. The van der Waals surface area contributed by atoms with Crippen LogP contribution in [0.1, 0.15) is 18.4 Å². The molecule has 1 amide bonds. The van der Waals surface area contributed by atoms with E-state index in [1.165, 1.54) is 44.0 Å². The smallest absolute Gasteiger partial charge is 0.243 e. The van der Waals surface area contributed by atoms with Gasteiger partial charge in [-0.05, 0) is 37.1 Å². The van der Waals surface area contributed by atoms with Gasteiger partial charge in [0.25, 0.3) is 0 Å². The Labute approximate surface area is 199 Å². The minimum atomic E-state index is -3.72. The summed E-state index contributed by atoms with van der Waals surface area (Å²) in [6.07, 6.45) is 2.27. The second-order valence-corrected chi connectivity index (χ2v) is 9.48. The Balaban J connectivity index is 1.59. The first-order chi connectivity index (χ1) is 16.3. The normalized spacial score (nSPS) is 15.2. The number of rotatable bonds is 9. The van der Waals surface area contributed by atoms with Gasteiger partial charge in [-0.15, -0.1) is 0 Å². The van der Waals surface area contributed by atoms with Gasteiger partial charge in [0.15, 0.2) is 11.5 Å². The van der Waals surface area contributed by atoms with Crippen molar-refractivity contribution in [2.24, 2.45) is 11.0 Å². The maximum absolute atomic E-state index is 13.1. The first-order valence-corrected chi connectivity index (χ1v) is 12.0. The molecule has 0 aliphatic carbocycles. The third kappa shape index (κ3) is 5.60.